The Kier molecular flexibility index (Phi) is 8.90. The van der Waals surface area contributed by atoms with Crippen LogP contribution in [0.1, 0.15) is 38.4 Å². The molecule has 2 heterocycles. The van der Waals surface area contributed by atoms with Crippen molar-refractivity contribution < 1.29 is 13.9 Å². The molecule has 7 heteroatoms. The summed E-state index contributed by atoms with van der Waals surface area (Å²) in [5.41, 5.74) is 0. The van der Waals surface area contributed by atoms with Gasteiger partial charge in [0.2, 0.25) is 5.91 Å². The highest BCUT2D eigenvalue weighted by Gasteiger charge is 2.17. The van der Waals surface area contributed by atoms with E-state index in [1.54, 1.807) is 6.26 Å². The average molecular weight is 350 g/mol. The van der Waals surface area contributed by atoms with Crippen LogP contribution in [-0.4, -0.2) is 56.1 Å². The summed E-state index contributed by atoms with van der Waals surface area (Å²) in [4.78, 5) is 18.5. The third kappa shape index (κ3) is 7.60. The molecule has 2 rings (SSSR count). The molecular weight excluding hydrogens is 320 g/mol. The van der Waals surface area contributed by atoms with Crippen LogP contribution in [0.2, 0.25) is 0 Å². The fraction of sp³-hybridized carbons (Fsp3) is 0.667. The van der Waals surface area contributed by atoms with Gasteiger partial charge in [0, 0.05) is 45.8 Å². The first-order valence-corrected chi connectivity index (χ1v) is 9.19. The molecule has 1 aromatic rings. The zero-order valence-electron chi connectivity index (χ0n) is 15.1. The SMILES string of the molecule is CCNC(=NCCCOCc1ccco1)NCCC(=O)N1CCCC1. The zero-order chi connectivity index (χ0) is 17.7. The number of aliphatic imine (C=N–C) groups is 1. The number of nitrogens with one attached hydrogen (secondary N) is 2. The molecule has 0 saturated carbocycles. The Morgan fingerprint density at radius 1 is 1.36 bits per heavy atom. The summed E-state index contributed by atoms with van der Waals surface area (Å²) in [6.07, 6.45) is 5.25. The third-order valence-electron chi connectivity index (χ3n) is 3.98. The van der Waals surface area contributed by atoms with Crippen molar-refractivity contribution in [2.24, 2.45) is 4.99 Å². The topological polar surface area (TPSA) is 79.1 Å². The van der Waals surface area contributed by atoms with Crippen molar-refractivity contribution in [3.8, 4) is 0 Å². The van der Waals surface area contributed by atoms with E-state index in [4.69, 9.17) is 9.15 Å². The first-order valence-electron chi connectivity index (χ1n) is 9.19. The Labute approximate surface area is 149 Å². The summed E-state index contributed by atoms with van der Waals surface area (Å²) in [6, 6.07) is 3.75. The summed E-state index contributed by atoms with van der Waals surface area (Å²) >= 11 is 0. The Morgan fingerprint density at radius 2 is 2.20 bits per heavy atom. The van der Waals surface area contributed by atoms with E-state index in [2.05, 4.69) is 15.6 Å². The van der Waals surface area contributed by atoms with Crippen LogP contribution in [0, 0.1) is 0 Å². The van der Waals surface area contributed by atoms with Crippen LogP contribution < -0.4 is 10.6 Å². The second-order valence-electron chi connectivity index (χ2n) is 6.01. The summed E-state index contributed by atoms with van der Waals surface area (Å²) in [6.45, 7) is 7.05. The van der Waals surface area contributed by atoms with Crippen LogP contribution in [0.4, 0.5) is 0 Å². The molecule has 0 aliphatic carbocycles. The number of ether oxygens (including phenoxy) is 1. The van der Waals surface area contributed by atoms with Crippen molar-refractivity contribution in [3.05, 3.63) is 24.2 Å². The minimum absolute atomic E-state index is 0.229. The average Bonchev–Trinajstić information content (AvgIpc) is 3.31. The van der Waals surface area contributed by atoms with E-state index in [0.29, 0.717) is 32.7 Å². The monoisotopic (exact) mass is 350 g/mol. The van der Waals surface area contributed by atoms with Gasteiger partial charge in [-0.25, -0.2) is 0 Å². The number of carbonyl (C=O) groups excluding carboxylic acids is 1. The van der Waals surface area contributed by atoms with Gasteiger partial charge < -0.3 is 24.7 Å². The molecule has 0 spiro atoms. The Bertz CT molecular complexity index is 510. The highest BCUT2D eigenvalue weighted by atomic mass is 16.5. The molecule has 140 valence electrons. The lowest BCUT2D eigenvalue weighted by Crippen LogP contribution is -2.39. The molecular formula is C18H30N4O3. The summed E-state index contributed by atoms with van der Waals surface area (Å²) in [7, 11) is 0. The molecule has 1 aliphatic rings. The summed E-state index contributed by atoms with van der Waals surface area (Å²) in [5, 5.41) is 6.42. The van der Waals surface area contributed by atoms with Gasteiger partial charge in [0.15, 0.2) is 5.96 Å². The molecule has 2 N–H and O–H groups in total. The maximum atomic E-state index is 12.0. The molecule has 1 aliphatic heterocycles. The second kappa shape index (κ2) is 11.5. The van der Waals surface area contributed by atoms with Crippen LogP contribution in [0.5, 0.6) is 0 Å². The lowest BCUT2D eigenvalue weighted by Gasteiger charge is -2.16. The number of likely N-dealkylation sites (tertiary alicyclic amines) is 1. The van der Waals surface area contributed by atoms with Crippen molar-refractivity contribution in [2.45, 2.75) is 39.2 Å². The van der Waals surface area contributed by atoms with Gasteiger partial charge in [-0.1, -0.05) is 0 Å². The lowest BCUT2D eigenvalue weighted by atomic mass is 10.3. The Balaban J connectivity index is 1.57. The van der Waals surface area contributed by atoms with Gasteiger partial charge in [0.05, 0.1) is 6.26 Å². The molecule has 0 radical (unpaired) electrons. The molecule has 0 unspecified atom stereocenters. The summed E-state index contributed by atoms with van der Waals surface area (Å²) < 4.78 is 10.7. The zero-order valence-corrected chi connectivity index (χ0v) is 15.1. The predicted molar refractivity (Wildman–Crippen MR) is 97.4 cm³/mol. The molecule has 25 heavy (non-hydrogen) atoms. The van der Waals surface area contributed by atoms with E-state index in [1.165, 1.54) is 0 Å². The van der Waals surface area contributed by atoms with Crippen molar-refractivity contribution in [1.29, 1.82) is 0 Å². The summed E-state index contributed by atoms with van der Waals surface area (Å²) in [5.74, 6) is 1.82. The standard InChI is InChI=1S/C18H30N4O3/c1-2-19-18(21-10-8-17(23)22-11-3-4-12-22)20-9-6-13-24-15-16-7-5-14-25-16/h5,7,14H,2-4,6,8-13,15H2,1H3,(H2,19,20,21). The normalized spacial score (nSPS) is 14.8. The maximum Gasteiger partial charge on any atom is 0.224 e. The molecule has 0 atom stereocenters. The van der Waals surface area contributed by atoms with Crippen molar-refractivity contribution >= 4 is 11.9 Å². The van der Waals surface area contributed by atoms with Crippen molar-refractivity contribution in [3.63, 3.8) is 0 Å². The molecule has 0 bridgehead atoms. The number of rotatable bonds is 10. The highest BCUT2D eigenvalue weighted by Crippen LogP contribution is 2.08. The molecule has 7 nitrogen and oxygen atoms in total. The first-order chi connectivity index (χ1) is 12.3. The largest absolute Gasteiger partial charge is 0.467 e. The van der Waals surface area contributed by atoms with Gasteiger partial charge in [-0.2, -0.15) is 0 Å². The van der Waals surface area contributed by atoms with Crippen LogP contribution in [0.3, 0.4) is 0 Å². The number of furan rings is 1. The van der Waals surface area contributed by atoms with E-state index in [9.17, 15) is 4.79 Å². The molecule has 1 aromatic heterocycles. The van der Waals surface area contributed by atoms with Crippen LogP contribution in [-0.2, 0) is 16.1 Å². The number of hydrogen-bond acceptors (Lipinski definition) is 4. The lowest BCUT2D eigenvalue weighted by molar-refractivity contribution is -0.129. The minimum Gasteiger partial charge on any atom is -0.467 e. The van der Waals surface area contributed by atoms with Gasteiger partial charge in [0.1, 0.15) is 12.4 Å². The Morgan fingerprint density at radius 3 is 2.92 bits per heavy atom. The number of guanidine groups is 1. The number of nitrogens with zero attached hydrogens (tertiary/aromatic N) is 2. The second-order valence-corrected chi connectivity index (χ2v) is 6.01. The fourth-order valence-electron chi connectivity index (χ4n) is 2.68. The molecule has 1 saturated heterocycles. The maximum absolute atomic E-state index is 12.0. The van der Waals surface area contributed by atoms with E-state index in [-0.39, 0.29) is 5.91 Å². The molecule has 1 fully saturated rings. The number of amides is 1. The predicted octanol–water partition coefficient (Wildman–Crippen LogP) is 1.75. The van der Waals surface area contributed by atoms with Crippen LogP contribution >= 0.6 is 0 Å². The van der Waals surface area contributed by atoms with Crippen LogP contribution in [0.15, 0.2) is 27.8 Å². The third-order valence-corrected chi connectivity index (χ3v) is 3.98. The van der Waals surface area contributed by atoms with E-state index >= 15 is 0 Å². The van der Waals surface area contributed by atoms with E-state index < -0.39 is 0 Å². The Hall–Kier alpha value is -2.02. The fourth-order valence-corrected chi connectivity index (χ4v) is 2.68. The smallest absolute Gasteiger partial charge is 0.224 e. The van der Waals surface area contributed by atoms with Gasteiger partial charge in [0.25, 0.3) is 0 Å². The van der Waals surface area contributed by atoms with Crippen molar-refractivity contribution in [1.82, 2.24) is 15.5 Å². The van der Waals surface area contributed by atoms with Gasteiger partial charge >= 0.3 is 0 Å². The number of carbonyl (C=O) groups is 1. The van der Waals surface area contributed by atoms with Gasteiger partial charge in [-0.05, 0) is 38.3 Å². The quantitative estimate of drug-likeness (QED) is 0.382. The first kappa shape index (κ1) is 19.3. The van der Waals surface area contributed by atoms with Crippen molar-refractivity contribution in [2.75, 3.05) is 39.3 Å². The molecule has 0 aromatic carbocycles. The number of hydrogen-bond donors (Lipinski definition) is 2. The van der Waals surface area contributed by atoms with Gasteiger partial charge in [-0.3, -0.25) is 9.79 Å². The van der Waals surface area contributed by atoms with E-state index in [1.807, 2.05) is 24.0 Å². The van der Waals surface area contributed by atoms with E-state index in [0.717, 1.165) is 50.6 Å². The van der Waals surface area contributed by atoms with Crippen LogP contribution in [0.25, 0.3) is 0 Å². The van der Waals surface area contributed by atoms with Gasteiger partial charge in [-0.15, -0.1) is 0 Å². The highest BCUT2D eigenvalue weighted by molar-refractivity contribution is 5.81. The minimum atomic E-state index is 0.229. The molecule has 1 amide bonds.